The molecule has 0 aliphatic carbocycles. The van der Waals surface area contributed by atoms with Gasteiger partial charge in [-0.15, -0.1) is 0 Å². The number of hydrogen-bond acceptors (Lipinski definition) is 2. The molecule has 2 heteroatoms. The van der Waals surface area contributed by atoms with Gasteiger partial charge in [0.05, 0.1) is 5.69 Å². The largest absolute Gasteiger partial charge is 0.299 e. The molecular formula is C10H9NO. The average Bonchev–Trinajstić information content (AvgIpc) is 2.14. The van der Waals surface area contributed by atoms with Crippen LogP contribution >= 0.6 is 0 Å². The van der Waals surface area contributed by atoms with Gasteiger partial charge in [-0.05, 0) is 24.3 Å². The van der Waals surface area contributed by atoms with Gasteiger partial charge in [-0.3, -0.25) is 9.78 Å². The second-order valence-corrected chi connectivity index (χ2v) is 2.13. The van der Waals surface area contributed by atoms with Gasteiger partial charge >= 0.3 is 0 Å². The van der Waals surface area contributed by atoms with E-state index in [4.69, 9.17) is 0 Å². The molecule has 0 saturated heterocycles. The summed E-state index contributed by atoms with van der Waals surface area (Å²) in [6.45, 7) is 0. The first-order valence-electron chi connectivity index (χ1n) is 3.63. The SMILES string of the molecule is O=C/C=C/C=Cc1ccccn1. The minimum Gasteiger partial charge on any atom is -0.299 e. The molecule has 0 spiro atoms. The van der Waals surface area contributed by atoms with Gasteiger partial charge < -0.3 is 0 Å². The van der Waals surface area contributed by atoms with Crippen molar-refractivity contribution >= 4 is 12.4 Å². The summed E-state index contributed by atoms with van der Waals surface area (Å²) in [7, 11) is 0. The van der Waals surface area contributed by atoms with Crippen molar-refractivity contribution in [3.8, 4) is 0 Å². The Balaban J connectivity index is 2.58. The molecule has 0 aromatic carbocycles. The third-order valence-corrected chi connectivity index (χ3v) is 1.26. The van der Waals surface area contributed by atoms with Gasteiger partial charge in [0.1, 0.15) is 6.29 Å². The van der Waals surface area contributed by atoms with Crippen LogP contribution in [0.2, 0.25) is 0 Å². The van der Waals surface area contributed by atoms with Crippen LogP contribution in [0.4, 0.5) is 0 Å². The van der Waals surface area contributed by atoms with Crippen LogP contribution in [-0.4, -0.2) is 11.3 Å². The van der Waals surface area contributed by atoms with E-state index in [1.807, 2.05) is 24.3 Å². The summed E-state index contributed by atoms with van der Waals surface area (Å²) in [5.74, 6) is 0. The quantitative estimate of drug-likeness (QED) is 0.382. The first-order valence-corrected chi connectivity index (χ1v) is 3.63. The number of aromatic nitrogens is 1. The van der Waals surface area contributed by atoms with Gasteiger partial charge in [0.15, 0.2) is 0 Å². The molecule has 2 nitrogen and oxygen atoms in total. The number of carbonyl (C=O) groups is 1. The monoisotopic (exact) mass is 159 g/mol. The van der Waals surface area contributed by atoms with E-state index in [-0.39, 0.29) is 0 Å². The topological polar surface area (TPSA) is 30.0 Å². The highest BCUT2D eigenvalue weighted by Crippen LogP contribution is 1.95. The maximum absolute atomic E-state index is 9.88. The predicted molar refractivity (Wildman–Crippen MR) is 48.5 cm³/mol. The molecule has 0 saturated carbocycles. The molecule has 1 aromatic rings. The van der Waals surface area contributed by atoms with Crippen molar-refractivity contribution in [1.82, 2.24) is 4.98 Å². The number of nitrogens with zero attached hydrogens (tertiary/aromatic N) is 1. The van der Waals surface area contributed by atoms with Gasteiger partial charge in [-0.1, -0.05) is 18.2 Å². The minimum atomic E-state index is 0.739. The molecule has 0 atom stereocenters. The van der Waals surface area contributed by atoms with Crippen molar-refractivity contribution in [2.45, 2.75) is 0 Å². The van der Waals surface area contributed by atoms with E-state index in [9.17, 15) is 4.79 Å². The Morgan fingerprint density at radius 2 is 2.08 bits per heavy atom. The van der Waals surface area contributed by atoms with E-state index in [2.05, 4.69) is 4.98 Å². The second kappa shape index (κ2) is 5.02. The van der Waals surface area contributed by atoms with E-state index in [1.165, 1.54) is 6.08 Å². The van der Waals surface area contributed by atoms with E-state index >= 15 is 0 Å². The molecule has 0 radical (unpaired) electrons. The Labute approximate surface area is 71.3 Å². The van der Waals surface area contributed by atoms with Gasteiger partial charge in [0.25, 0.3) is 0 Å². The van der Waals surface area contributed by atoms with Crippen molar-refractivity contribution in [2.75, 3.05) is 0 Å². The summed E-state index contributed by atoms with van der Waals surface area (Å²) in [6, 6.07) is 5.67. The molecule has 0 N–H and O–H groups in total. The highest BCUT2D eigenvalue weighted by molar-refractivity contribution is 5.66. The van der Waals surface area contributed by atoms with Crippen LogP contribution in [0.25, 0.3) is 6.08 Å². The van der Waals surface area contributed by atoms with E-state index in [1.54, 1.807) is 18.3 Å². The lowest BCUT2D eigenvalue weighted by atomic mass is 10.3. The molecule has 1 heterocycles. The van der Waals surface area contributed by atoms with E-state index in [0.717, 1.165) is 12.0 Å². The number of rotatable bonds is 3. The summed E-state index contributed by atoms with van der Waals surface area (Å²) < 4.78 is 0. The van der Waals surface area contributed by atoms with Crippen LogP contribution in [0.5, 0.6) is 0 Å². The first-order chi connectivity index (χ1) is 5.93. The Morgan fingerprint density at radius 3 is 2.75 bits per heavy atom. The second-order valence-electron chi connectivity index (χ2n) is 2.13. The average molecular weight is 159 g/mol. The van der Waals surface area contributed by atoms with Gasteiger partial charge in [-0.2, -0.15) is 0 Å². The van der Waals surface area contributed by atoms with Gasteiger partial charge in [-0.25, -0.2) is 0 Å². The number of carbonyl (C=O) groups excluding carboxylic acids is 1. The van der Waals surface area contributed by atoms with Crippen molar-refractivity contribution in [3.05, 3.63) is 48.3 Å². The molecule has 0 aliphatic heterocycles. The zero-order valence-corrected chi connectivity index (χ0v) is 6.55. The Bertz CT molecular complexity index is 288. The van der Waals surface area contributed by atoms with Crippen LogP contribution in [0.3, 0.4) is 0 Å². The molecule has 12 heavy (non-hydrogen) atoms. The summed E-state index contributed by atoms with van der Waals surface area (Å²) in [5, 5.41) is 0. The minimum absolute atomic E-state index is 0.739. The normalized spacial score (nSPS) is 11.0. The van der Waals surface area contributed by atoms with Crippen LogP contribution in [0.1, 0.15) is 5.69 Å². The fraction of sp³-hybridized carbons (Fsp3) is 0. The summed E-state index contributed by atoms with van der Waals surface area (Å²) in [5.41, 5.74) is 0.882. The number of hydrogen-bond donors (Lipinski definition) is 0. The highest BCUT2D eigenvalue weighted by Gasteiger charge is 1.80. The third-order valence-electron chi connectivity index (χ3n) is 1.26. The lowest BCUT2D eigenvalue weighted by Gasteiger charge is -1.86. The smallest absolute Gasteiger partial charge is 0.142 e. The maximum atomic E-state index is 9.88. The number of pyridine rings is 1. The summed E-state index contributed by atoms with van der Waals surface area (Å²) in [4.78, 5) is 13.9. The van der Waals surface area contributed by atoms with Crippen LogP contribution in [0, 0.1) is 0 Å². The molecule has 0 bridgehead atoms. The maximum Gasteiger partial charge on any atom is 0.142 e. The fourth-order valence-corrected chi connectivity index (χ4v) is 0.738. The summed E-state index contributed by atoms with van der Waals surface area (Å²) >= 11 is 0. The zero-order valence-electron chi connectivity index (χ0n) is 6.55. The third kappa shape index (κ3) is 2.92. The number of allylic oxidation sites excluding steroid dienone is 3. The Kier molecular flexibility index (Phi) is 3.51. The van der Waals surface area contributed by atoms with Crippen molar-refractivity contribution < 1.29 is 4.79 Å². The molecule has 0 aliphatic rings. The van der Waals surface area contributed by atoms with Crippen LogP contribution < -0.4 is 0 Å². The molecule has 0 unspecified atom stereocenters. The van der Waals surface area contributed by atoms with Crippen LogP contribution in [-0.2, 0) is 4.79 Å². The predicted octanol–water partition coefficient (Wildman–Crippen LogP) is 1.85. The molecular weight excluding hydrogens is 150 g/mol. The highest BCUT2D eigenvalue weighted by atomic mass is 16.1. The Hall–Kier alpha value is -1.70. The molecule has 0 amide bonds. The summed E-state index contributed by atoms with van der Waals surface area (Å²) in [6.07, 6.45) is 9.17. The standard InChI is InChI=1S/C10H9NO/c12-9-5-1-2-6-10-7-3-4-8-11-10/h1-9H/b5-1+,6-2?. The lowest BCUT2D eigenvalue weighted by molar-refractivity contribution is -0.104. The molecule has 1 rings (SSSR count). The molecule has 0 fully saturated rings. The molecule has 1 aromatic heterocycles. The van der Waals surface area contributed by atoms with Gasteiger partial charge in [0, 0.05) is 6.20 Å². The van der Waals surface area contributed by atoms with E-state index in [0.29, 0.717) is 0 Å². The number of aldehydes is 1. The van der Waals surface area contributed by atoms with Crippen LogP contribution in [0.15, 0.2) is 42.6 Å². The fourth-order valence-electron chi connectivity index (χ4n) is 0.738. The van der Waals surface area contributed by atoms with Crippen molar-refractivity contribution in [2.24, 2.45) is 0 Å². The lowest BCUT2D eigenvalue weighted by Crippen LogP contribution is -1.74. The zero-order chi connectivity index (χ0) is 8.65. The first kappa shape index (κ1) is 8.40. The Morgan fingerprint density at radius 1 is 1.17 bits per heavy atom. The van der Waals surface area contributed by atoms with Gasteiger partial charge in [0.2, 0.25) is 0 Å². The van der Waals surface area contributed by atoms with Crippen molar-refractivity contribution in [3.63, 3.8) is 0 Å². The van der Waals surface area contributed by atoms with Crippen molar-refractivity contribution in [1.29, 1.82) is 0 Å². The molecule has 60 valence electrons. The van der Waals surface area contributed by atoms with E-state index < -0.39 is 0 Å².